The molecule has 0 radical (unpaired) electrons. The molecule has 0 aliphatic heterocycles. The number of fused-ring (bicyclic) bond motifs is 4. The van der Waals surface area contributed by atoms with Crippen molar-refractivity contribution in [2.24, 2.45) is 0 Å². The Morgan fingerprint density at radius 3 is 2.65 bits per heavy atom. The van der Waals surface area contributed by atoms with Gasteiger partial charge in [0, 0.05) is 27.9 Å². The molecular weight excluding hydrogens is 302 g/mol. The summed E-state index contributed by atoms with van der Waals surface area (Å²) in [4.78, 5) is 13.7. The first-order chi connectivity index (χ1) is 11.4. The molecule has 0 fully saturated rings. The molecule has 23 heavy (non-hydrogen) atoms. The molecule has 4 heteroatoms. The maximum Gasteiger partial charge on any atom is 0.106 e. The Morgan fingerprint density at radius 1 is 0.696 bits per heavy atom. The molecule has 3 nitrogen and oxygen atoms in total. The van der Waals surface area contributed by atoms with E-state index in [1.54, 1.807) is 17.5 Å². The molecule has 5 aromatic rings. The minimum atomic E-state index is 0.891. The van der Waals surface area contributed by atoms with E-state index in [0.29, 0.717) is 0 Å². The predicted octanol–water partition coefficient (Wildman–Crippen LogP) is 5.06. The molecule has 4 aromatic heterocycles. The fourth-order valence-corrected chi connectivity index (χ4v) is 4.12. The summed E-state index contributed by atoms with van der Waals surface area (Å²) in [6, 6.07) is 18.5. The van der Waals surface area contributed by atoms with Gasteiger partial charge in [-0.15, -0.1) is 11.3 Å². The van der Waals surface area contributed by atoms with Gasteiger partial charge in [-0.2, -0.15) is 0 Å². The van der Waals surface area contributed by atoms with Crippen LogP contribution in [0.5, 0.6) is 0 Å². The van der Waals surface area contributed by atoms with E-state index in [2.05, 4.69) is 40.3 Å². The number of pyridine rings is 3. The molecule has 0 spiro atoms. The van der Waals surface area contributed by atoms with E-state index in [1.807, 2.05) is 30.5 Å². The summed E-state index contributed by atoms with van der Waals surface area (Å²) in [6.45, 7) is 0. The summed E-state index contributed by atoms with van der Waals surface area (Å²) in [5, 5.41) is 2.52. The highest BCUT2D eigenvalue weighted by molar-refractivity contribution is 7.26. The van der Waals surface area contributed by atoms with E-state index >= 15 is 0 Å². The average Bonchev–Trinajstić information content (AvgIpc) is 3.00. The molecule has 108 valence electrons. The Labute approximate surface area is 136 Å². The molecule has 0 saturated heterocycles. The van der Waals surface area contributed by atoms with Crippen LogP contribution in [-0.4, -0.2) is 15.0 Å². The monoisotopic (exact) mass is 313 g/mol. The summed E-state index contributed by atoms with van der Waals surface area (Å²) in [6.07, 6.45) is 3.65. The van der Waals surface area contributed by atoms with Crippen molar-refractivity contribution in [2.45, 2.75) is 0 Å². The summed E-state index contributed by atoms with van der Waals surface area (Å²) in [7, 11) is 0. The summed E-state index contributed by atoms with van der Waals surface area (Å²) in [5.74, 6) is 0. The molecule has 4 heterocycles. The number of hydrogen-bond donors (Lipinski definition) is 0. The second-order valence-electron chi connectivity index (χ2n) is 5.37. The lowest BCUT2D eigenvalue weighted by molar-refractivity contribution is 1.29. The number of rotatable bonds is 1. The van der Waals surface area contributed by atoms with Crippen molar-refractivity contribution < 1.29 is 0 Å². The third-order valence-electron chi connectivity index (χ3n) is 3.99. The van der Waals surface area contributed by atoms with E-state index in [0.717, 1.165) is 22.4 Å². The predicted molar refractivity (Wildman–Crippen MR) is 95.7 cm³/mol. The highest BCUT2D eigenvalue weighted by atomic mass is 32.1. The van der Waals surface area contributed by atoms with Gasteiger partial charge in [0.25, 0.3) is 0 Å². The molecule has 1 aromatic carbocycles. The smallest absolute Gasteiger partial charge is 0.106 e. The Hall–Kier alpha value is -2.85. The third-order valence-corrected chi connectivity index (χ3v) is 5.19. The van der Waals surface area contributed by atoms with Gasteiger partial charge in [0.2, 0.25) is 0 Å². The summed E-state index contributed by atoms with van der Waals surface area (Å²) < 4.78 is 2.46. The van der Waals surface area contributed by atoms with E-state index in [9.17, 15) is 0 Å². The van der Waals surface area contributed by atoms with Gasteiger partial charge in [-0.3, -0.25) is 9.97 Å². The fraction of sp³-hybridized carbons (Fsp3) is 0. The minimum Gasteiger partial charge on any atom is -0.255 e. The van der Waals surface area contributed by atoms with Crippen molar-refractivity contribution in [2.75, 3.05) is 0 Å². The van der Waals surface area contributed by atoms with Crippen LogP contribution in [0.25, 0.3) is 42.6 Å². The van der Waals surface area contributed by atoms with Gasteiger partial charge < -0.3 is 0 Å². The summed E-state index contributed by atoms with van der Waals surface area (Å²) >= 11 is 1.77. The SMILES string of the molecule is c1cnc2ccc(-c3nccc4c3sc3ccccc34)nc2c1. The largest absolute Gasteiger partial charge is 0.255 e. The average molecular weight is 313 g/mol. The topological polar surface area (TPSA) is 38.7 Å². The van der Waals surface area contributed by atoms with Gasteiger partial charge in [-0.25, -0.2) is 4.98 Å². The number of thiophene rings is 1. The second kappa shape index (κ2) is 4.83. The third kappa shape index (κ3) is 1.92. The van der Waals surface area contributed by atoms with Crippen molar-refractivity contribution in [3.05, 3.63) is 67.0 Å². The maximum atomic E-state index is 4.75. The normalized spacial score (nSPS) is 11.5. The molecule has 0 N–H and O–H groups in total. The van der Waals surface area contributed by atoms with Gasteiger partial charge in [-0.1, -0.05) is 18.2 Å². The number of aromatic nitrogens is 3. The van der Waals surface area contributed by atoms with Crippen molar-refractivity contribution in [1.82, 2.24) is 15.0 Å². The Bertz CT molecular complexity index is 1180. The van der Waals surface area contributed by atoms with Crippen LogP contribution < -0.4 is 0 Å². The maximum absolute atomic E-state index is 4.75. The zero-order chi connectivity index (χ0) is 15.2. The first kappa shape index (κ1) is 12.7. The Morgan fingerprint density at radius 2 is 1.65 bits per heavy atom. The standard InChI is InChI=1S/C19H11N3S/c1-2-6-17-12(4-1)13-9-11-21-18(19(13)23-17)16-8-7-14-15(22-16)5-3-10-20-14/h1-11H. The van der Waals surface area contributed by atoms with Gasteiger partial charge in [-0.05, 0) is 36.4 Å². The van der Waals surface area contributed by atoms with Crippen molar-refractivity contribution >= 4 is 42.5 Å². The lowest BCUT2D eigenvalue weighted by Crippen LogP contribution is -1.89. The van der Waals surface area contributed by atoms with Crippen LogP contribution in [-0.2, 0) is 0 Å². The molecule has 5 rings (SSSR count). The van der Waals surface area contributed by atoms with Crippen LogP contribution in [0.4, 0.5) is 0 Å². The van der Waals surface area contributed by atoms with E-state index in [-0.39, 0.29) is 0 Å². The zero-order valence-corrected chi connectivity index (χ0v) is 12.9. The van der Waals surface area contributed by atoms with Gasteiger partial charge in [0.1, 0.15) is 5.69 Å². The highest BCUT2D eigenvalue weighted by Crippen LogP contribution is 2.38. The molecule has 0 bridgehead atoms. The van der Waals surface area contributed by atoms with Crippen molar-refractivity contribution in [3.63, 3.8) is 0 Å². The molecule has 0 amide bonds. The second-order valence-corrected chi connectivity index (χ2v) is 6.42. The van der Waals surface area contributed by atoms with Crippen LogP contribution in [0.2, 0.25) is 0 Å². The Balaban J connectivity index is 1.84. The molecule has 0 aliphatic rings. The van der Waals surface area contributed by atoms with E-state index < -0.39 is 0 Å². The van der Waals surface area contributed by atoms with E-state index in [1.165, 1.54) is 20.2 Å². The quantitative estimate of drug-likeness (QED) is 0.434. The van der Waals surface area contributed by atoms with Crippen LogP contribution in [0.15, 0.2) is 67.0 Å². The molecular formula is C19H11N3S. The molecule has 0 unspecified atom stereocenters. The first-order valence-corrected chi connectivity index (χ1v) is 8.20. The molecule has 0 saturated carbocycles. The minimum absolute atomic E-state index is 0.891. The first-order valence-electron chi connectivity index (χ1n) is 7.38. The van der Waals surface area contributed by atoms with Gasteiger partial charge >= 0.3 is 0 Å². The lowest BCUT2D eigenvalue weighted by Gasteiger charge is -2.03. The molecule has 0 atom stereocenters. The van der Waals surface area contributed by atoms with Crippen molar-refractivity contribution in [3.8, 4) is 11.4 Å². The van der Waals surface area contributed by atoms with Crippen LogP contribution in [0.1, 0.15) is 0 Å². The Kier molecular flexibility index (Phi) is 2.66. The van der Waals surface area contributed by atoms with Gasteiger partial charge in [0.05, 0.1) is 21.4 Å². The van der Waals surface area contributed by atoms with Crippen LogP contribution >= 0.6 is 11.3 Å². The number of nitrogens with zero attached hydrogens (tertiary/aromatic N) is 3. The highest BCUT2D eigenvalue weighted by Gasteiger charge is 2.12. The lowest BCUT2D eigenvalue weighted by atomic mass is 10.1. The van der Waals surface area contributed by atoms with Crippen molar-refractivity contribution in [1.29, 1.82) is 0 Å². The number of benzene rings is 1. The zero-order valence-electron chi connectivity index (χ0n) is 12.1. The van der Waals surface area contributed by atoms with E-state index in [4.69, 9.17) is 4.98 Å². The summed E-state index contributed by atoms with van der Waals surface area (Å²) in [5.41, 5.74) is 3.63. The van der Waals surface area contributed by atoms with Crippen LogP contribution in [0.3, 0.4) is 0 Å². The number of hydrogen-bond acceptors (Lipinski definition) is 4. The molecule has 0 aliphatic carbocycles. The fourth-order valence-electron chi connectivity index (χ4n) is 2.92. The van der Waals surface area contributed by atoms with Crippen LogP contribution in [0, 0.1) is 0 Å². The van der Waals surface area contributed by atoms with Gasteiger partial charge in [0.15, 0.2) is 0 Å².